The van der Waals surface area contributed by atoms with Crippen LogP contribution >= 0.6 is 0 Å². The van der Waals surface area contributed by atoms with E-state index in [1.54, 1.807) is 13.0 Å². The monoisotopic (exact) mass is 336 g/mol. The lowest BCUT2D eigenvalue weighted by Gasteiger charge is -2.10. The number of H-pyrrole nitrogens is 1. The summed E-state index contributed by atoms with van der Waals surface area (Å²) >= 11 is 0. The first-order chi connectivity index (χ1) is 11.2. The largest absolute Gasteiger partial charge is 0.478 e. The van der Waals surface area contributed by atoms with Gasteiger partial charge in [0, 0.05) is 11.8 Å². The number of rotatable bonds is 2. The quantitative estimate of drug-likeness (QED) is 0.706. The van der Waals surface area contributed by atoms with Gasteiger partial charge in [-0.15, -0.1) is 0 Å². The van der Waals surface area contributed by atoms with E-state index in [1.807, 2.05) is 0 Å². The first kappa shape index (κ1) is 15.9. The number of benzene rings is 1. The molecule has 0 atom stereocenters. The Bertz CT molecular complexity index is 1060. The van der Waals surface area contributed by atoms with Gasteiger partial charge in [-0.3, -0.25) is 4.79 Å². The van der Waals surface area contributed by atoms with Crippen molar-refractivity contribution in [2.24, 2.45) is 0 Å². The fourth-order valence-electron chi connectivity index (χ4n) is 2.63. The molecule has 0 fully saturated rings. The van der Waals surface area contributed by atoms with E-state index in [4.69, 9.17) is 5.11 Å². The van der Waals surface area contributed by atoms with E-state index in [0.29, 0.717) is 16.8 Å². The number of carbonyl (C=O) groups is 1. The lowest BCUT2D eigenvalue weighted by atomic mass is 10.2. The van der Waals surface area contributed by atoms with Crippen LogP contribution in [0.2, 0.25) is 0 Å². The van der Waals surface area contributed by atoms with Gasteiger partial charge in [-0.05, 0) is 42.8 Å². The van der Waals surface area contributed by atoms with Crippen molar-refractivity contribution in [3.63, 3.8) is 0 Å². The van der Waals surface area contributed by atoms with Gasteiger partial charge in [0.25, 0.3) is 5.56 Å². The molecule has 0 spiro atoms. The number of nitrogens with zero attached hydrogens (tertiary/aromatic N) is 1. The molecule has 0 saturated heterocycles. The summed E-state index contributed by atoms with van der Waals surface area (Å²) in [6, 6.07) is 4.58. The normalized spacial score (nSPS) is 12.5. The summed E-state index contributed by atoms with van der Waals surface area (Å²) in [4.78, 5) is 25.3. The van der Waals surface area contributed by atoms with Crippen molar-refractivity contribution in [3.8, 4) is 0 Å². The van der Waals surface area contributed by atoms with Crippen molar-refractivity contribution < 1.29 is 23.1 Å². The molecular weight excluding hydrogens is 325 g/mol. The van der Waals surface area contributed by atoms with Crippen molar-refractivity contribution in [2.75, 3.05) is 0 Å². The Morgan fingerprint density at radius 2 is 1.96 bits per heavy atom. The summed E-state index contributed by atoms with van der Waals surface area (Å²) in [5.74, 6) is -1.17. The highest BCUT2D eigenvalue weighted by Crippen LogP contribution is 2.31. The van der Waals surface area contributed by atoms with E-state index >= 15 is 0 Å². The average Bonchev–Trinajstić information content (AvgIpc) is 2.81. The van der Waals surface area contributed by atoms with Gasteiger partial charge < -0.3 is 14.5 Å². The van der Waals surface area contributed by atoms with E-state index in [9.17, 15) is 22.8 Å². The van der Waals surface area contributed by atoms with Crippen LogP contribution in [-0.2, 0) is 11.0 Å². The summed E-state index contributed by atoms with van der Waals surface area (Å²) < 4.78 is 40.0. The number of aliphatic carboxylic acids is 1. The minimum atomic E-state index is -4.53. The van der Waals surface area contributed by atoms with E-state index < -0.39 is 23.3 Å². The minimum Gasteiger partial charge on any atom is -0.478 e. The van der Waals surface area contributed by atoms with Gasteiger partial charge in [0.15, 0.2) is 0 Å². The number of nitrogens with one attached hydrogen (secondary N) is 1. The number of fused-ring (bicyclic) bond motifs is 3. The number of hydrogen-bond acceptors (Lipinski definition) is 2. The Balaban J connectivity index is 2.41. The second-order valence-corrected chi connectivity index (χ2v) is 5.29. The lowest BCUT2D eigenvalue weighted by Crippen LogP contribution is -2.12. The third kappa shape index (κ3) is 2.55. The fourth-order valence-corrected chi connectivity index (χ4v) is 2.63. The molecule has 1 aromatic carbocycles. The molecule has 2 N–H and O–H groups in total. The van der Waals surface area contributed by atoms with Gasteiger partial charge in [-0.25, -0.2) is 4.79 Å². The Morgan fingerprint density at radius 3 is 2.58 bits per heavy atom. The summed E-state index contributed by atoms with van der Waals surface area (Å²) in [6.07, 6.45) is -2.31. The fraction of sp³-hybridized carbons (Fsp3) is 0.125. The predicted octanol–water partition coefficient (Wildman–Crippen LogP) is 3.21. The standard InChI is InChI=1S/C16H11F3N2O3/c1-8-6-13-15(24)20-10-7-9(16(17,18)19)2-3-12(10)21(13)11(8)4-5-14(22)23/h2-7H,1H3,(H,20,24)(H,22,23). The smallest absolute Gasteiger partial charge is 0.416 e. The minimum absolute atomic E-state index is 0.0166. The maximum atomic E-state index is 12.8. The SMILES string of the molecule is Cc1cc2c(=O)[nH]c3cc(C(F)(F)F)ccc3n2c1C=CC(=O)O. The van der Waals surface area contributed by atoms with Crippen molar-refractivity contribution in [3.05, 3.63) is 57.5 Å². The number of alkyl halides is 3. The topological polar surface area (TPSA) is 74.6 Å². The number of carboxylic acid groups (broad SMARTS) is 1. The van der Waals surface area contributed by atoms with E-state index in [2.05, 4.69) is 4.98 Å². The van der Waals surface area contributed by atoms with Gasteiger partial charge in [0.05, 0.1) is 16.6 Å². The maximum Gasteiger partial charge on any atom is 0.416 e. The van der Waals surface area contributed by atoms with Crippen molar-refractivity contribution in [1.82, 2.24) is 9.38 Å². The zero-order valence-electron chi connectivity index (χ0n) is 12.3. The molecule has 0 amide bonds. The number of aromatic nitrogens is 2. The Kier molecular flexibility index (Phi) is 3.47. The first-order valence-corrected chi connectivity index (χ1v) is 6.85. The van der Waals surface area contributed by atoms with E-state index in [1.165, 1.54) is 16.5 Å². The van der Waals surface area contributed by atoms with Crippen molar-refractivity contribution in [1.29, 1.82) is 0 Å². The van der Waals surface area contributed by atoms with Gasteiger partial charge in [0.1, 0.15) is 5.52 Å². The van der Waals surface area contributed by atoms with Crippen LogP contribution in [0.3, 0.4) is 0 Å². The molecule has 0 saturated carbocycles. The van der Waals surface area contributed by atoms with Crippen LogP contribution in [-0.4, -0.2) is 20.5 Å². The summed E-state index contributed by atoms with van der Waals surface area (Å²) in [7, 11) is 0. The number of carboxylic acids is 1. The molecule has 0 aliphatic heterocycles. The second kappa shape index (κ2) is 5.26. The number of aromatic amines is 1. The highest BCUT2D eigenvalue weighted by Gasteiger charge is 2.30. The Hall–Kier alpha value is -3.03. The molecule has 0 aliphatic carbocycles. The van der Waals surface area contributed by atoms with E-state index in [0.717, 1.165) is 18.2 Å². The molecule has 2 heterocycles. The van der Waals surface area contributed by atoms with Crippen LogP contribution in [0, 0.1) is 6.92 Å². The molecule has 3 aromatic rings. The van der Waals surface area contributed by atoms with Gasteiger partial charge in [-0.1, -0.05) is 0 Å². The van der Waals surface area contributed by atoms with Crippen LogP contribution in [0.5, 0.6) is 0 Å². The summed E-state index contributed by atoms with van der Waals surface area (Å²) in [5.41, 5.74) is 0.202. The van der Waals surface area contributed by atoms with Crippen molar-refractivity contribution in [2.45, 2.75) is 13.1 Å². The predicted molar refractivity (Wildman–Crippen MR) is 81.9 cm³/mol. The van der Waals surface area contributed by atoms with Crippen molar-refractivity contribution >= 4 is 28.6 Å². The zero-order chi connectivity index (χ0) is 17.6. The number of halogens is 3. The third-order valence-corrected chi connectivity index (χ3v) is 3.67. The molecule has 8 heteroatoms. The maximum absolute atomic E-state index is 12.8. The molecule has 124 valence electrons. The van der Waals surface area contributed by atoms with E-state index in [-0.39, 0.29) is 11.0 Å². The van der Waals surface area contributed by atoms with Crippen LogP contribution in [0.25, 0.3) is 22.6 Å². The Labute approximate surface area is 132 Å². The average molecular weight is 336 g/mol. The highest BCUT2D eigenvalue weighted by molar-refractivity contribution is 5.87. The number of hydrogen-bond donors (Lipinski definition) is 2. The molecule has 24 heavy (non-hydrogen) atoms. The molecular formula is C16H11F3N2O3. The van der Waals surface area contributed by atoms with Crippen LogP contribution in [0.4, 0.5) is 13.2 Å². The lowest BCUT2D eigenvalue weighted by molar-refractivity contribution is -0.137. The first-order valence-electron chi connectivity index (χ1n) is 6.85. The molecule has 0 aliphatic rings. The molecule has 0 unspecified atom stereocenters. The molecule has 0 bridgehead atoms. The molecule has 3 rings (SSSR count). The highest BCUT2D eigenvalue weighted by atomic mass is 19.4. The van der Waals surface area contributed by atoms with Gasteiger partial charge >= 0.3 is 12.1 Å². The third-order valence-electron chi connectivity index (χ3n) is 3.67. The Morgan fingerprint density at radius 1 is 1.25 bits per heavy atom. The second-order valence-electron chi connectivity index (χ2n) is 5.29. The molecule has 0 radical (unpaired) electrons. The number of aryl methyl sites for hydroxylation is 1. The molecule has 5 nitrogen and oxygen atoms in total. The van der Waals surface area contributed by atoms with Gasteiger partial charge in [0.2, 0.25) is 0 Å². The summed E-state index contributed by atoms with van der Waals surface area (Å²) in [5, 5.41) is 8.78. The van der Waals surface area contributed by atoms with Crippen LogP contribution in [0.15, 0.2) is 35.1 Å². The zero-order valence-corrected chi connectivity index (χ0v) is 12.3. The van der Waals surface area contributed by atoms with Crippen LogP contribution in [0.1, 0.15) is 16.8 Å². The van der Waals surface area contributed by atoms with Gasteiger partial charge in [-0.2, -0.15) is 13.2 Å². The molecule has 2 aromatic heterocycles. The van der Waals surface area contributed by atoms with Crippen LogP contribution < -0.4 is 5.56 Å². The summed E-state index contributed by atoms with van der Waals surface area (Å²) in [6.45, 7) is 1.68.